The molecule has 0 atom stereocenters. The molecule has 3 nitrogen and oxygen atoms in total. The van der Waals surface area contributed by atoms with Crippen LogP contribution in [0.25, 0.3) is 0 Å². The monoisotopic (exact) mass is 181 g/mol. The van der Waals surface area contributed by atoms with Crippen LogP contribution < -0.4 is 4.74 Å². The minimum absolute atomic E-state index is 0.0173. The first-order valence-corrected chi connectivity index (χ1v) is 3.71. The molecule has 0 heterocycles. The molecule has 1 aromatic rings. The van der Waals surface area contributed by atoms with Crippen molar-refractivity contribution in [2.75, 3.05) is 13.2 Å². The maximum absolute atomic E-state index is 12.9. The summed E-state index contributed by atoms with van der Waals surface area (Å²) in [6.45, 7) is -0.00698. The van der Waals surface area contributed by atoms with Crippen molar-refractivity contribution >= 4 is 0 Å². The fraction of sp³-hybridized carbons (Fsp3) is 0.222. The zero-order chi connectivity index (χ0) is 9.68. The summed E-state index contributed by atoms with van der Waals surface area (Å²) < 4.78 is 17.8. The molecule has 0 spiro atoms. The number of nitrogens with zero attached hydrogens (tertiary/aromatic N) is 1. The van der Waals surface area contributed by atoms with Crippen molar-refractivity contribution < 1.29 is 14.2 Å². The zero-order valence-electron chi connectivity index (χ0n) is 6.83. The van der Waals surface area contributed by atoms with Gasteiger partial charge < -0.3 is 9.84 Å². The second kappa shape index (κ2) is 4.43. The third-order valence-corrected chi connectivity index (χ3v) is 1.42. The Morgan fingerprint density at radius 1 is 1.54 bits per heavy atom. The molecule has 0 amide bonds. The predicted octanol–water partition coefficient (Wildman–Crippen LogP) is 1.07. The molecule has 1 rings (SSSR count). The lowest BCUT2D eigenvalue weighted by Gasteiger charge is -2.03. The highest BCUT2D eigenvalue weighted by Crippen LogP contribution is 2.15. The predicted molar refractivity (Wildman–Crippen MR) is 43.7 cm³/mol. The molecule has 1 N–H and O–H groups in total. The molecule has 68 valence electrons. The van der Waals surface area contributed by atoms with Crippen LogP contribution in [0.15, 0.2) is 18.2 Å². The smallest absolute Gasteiger partial charge is 0.144 e. The summed E-state index contributed by atoms with van der Waals surface area (Å²) in [5.41, 5.74) is -0.0173. The van der Waals surface area contributed by atoms with E-state index in [1.54, 1.807) is 6.07 Å². The Hall–Kier alpha value is -1.60. The summed E-state index contributed by atoms with van der Waals surface area (Å²) in [7, 11) is 0. The van der Waals surface area contributed by atoms with Gasteiger partial charge in [-0.15, -0.1) is 0 Å². The average molecular weight is 181 g/mol. The first-order chi connectivity index (χ1) is 6.27. The van der Waals surface area contributed by atoms with E-state index < -0.39 is 5.82 Å². The van der Waals surface area contributed by atoms with Crippen LogP contribution in [0.3, 0.4) is 0 Å². The Labute approximate surface area is 75.0 Å². The Morgan fingerprint density at radius 2 is 2.31 bits per heavy atom. The molecule has 0 aliphatic rings. The van der Waals surface area contributed by atoms with E-state index in [9.17, 15) is 4.39 Å². The van der Waals surface area contributed by atoms with Gasteiger partial charge in [-0.1, -0.05) is 0 Å². The van der Waals surface area contributed by atoms with Crippen molar-refractivity contribution in [1.82, 2.24) is 0 Å². The molecule has 0 saturated heterocycles. The maximum Gasteiger partial charge on any atom is 0.144 e. The summed E-state index contributed by atoms with van der Waals surface area (Å²) >= 11 is 0. The fourth-order valence-electron chi connectivity index (χ4n) is 0.840. The van der Waals surface area contributed by atoms with E-state index in [0.29, 0.717) is 5.75 Å². The second-order valence-electron chi connectivity index (χ2n) is 2.33. The number of aliphatic hydroxyl groups excluding tert-OH is 1. The van der Waals surface area contributed by atoms with E-state index in [1.807, 2.05) is 0 Å². The topological polar surface area (TPSA) is 53.2 Å². The molecule has 0 aliphatic heterocycles. The molecule has 1 aromatic carbocycles. The fourth-order valence-corrected chi connectivity index (χ4v) is 0.840. The number of ether oxygens (including phenoxy) is 1. The van der Waals surface area contributed by atoms with Gasteiger partial charge >= 0.3 is 0 Å². The van der Waals surface area contributed by atoms with Crippen molar-refractivity contribution in [3.05, 3.63) is 29.6 Å². The van der Waals surface area contributed by atoms with Gasteiger partial charge in [-0.25, -0.2) is 4.39 Å². The van der Waals surface area contributed by atoms with Crippen LogP contribution in [0.1, 0.15) is 5.56 Å². The average Bonchev–Trinajstić information content (AvgIpc) is 2.15. The molecule has 0 bridgehead atoms. The van der Waals surface area contributed by atoms with Crippen molar-refractivity contribution in [3.63, 3.8) is 0 Å². The van der Waals surface area contributed by atoms with Crippen LogP contribution in [0.5, 0.6) is 5.75 Å². The Kier molecular flexibility index (Phi) is 3.23. The van der Waals surface area contributed by atoms with Gasteiger partial charge in [0.25, 0.3) is 0 Å². The number of halogens is 1. The number of nitriles is 1. The van der Waals surface area contributed by atoms with E-state index in [0.717, 1.165) is 6.07 Å². The normalized spacial score (nSPS) is 9.31. The van der Waals surface area contributed by atoms with Crippen LogP contribution in [-0.2, 0) is 0 Å². The first kappa shape index (κ1) is 9.49. The van der Waals surface area contributed by atoms with E-state index in [4.69, 9.17) is 15.1 Å². The van der Waals surface area contributed by atoms with Gasteiger partial charge in [0.1, 0.15) is 24.2 Å². The molecule has 0 saturated carbocycles. The Bertz CT molecular complexity index is 333. The number of rotatable bonds is 3. The minimum atomic E-state index is -0.613. The van der Waals surface area contributed by atoms with Gasteiger partial charge in [-0.05, 0) is 12.1 Å². The summed E-state index contributed by atoms with van der Waals surface area (Å²) in [6, 6.07) is 5.64. The summed E-state index contributed by atoms with van der Waals surface area (Å²) in [5, 5.41) is 16.8. The van der Waals surface area contributed by atoms with Crippen LogP contribution in [0, 0.1) is 17.1 Å². The summed E-state index contributed by atoms with van der Waals surface area (Å²) in [4.78, 5) is 0. The summed E-state index contributed by atoms with van der Waals surface area (Å²) in [5.74, 6) is -0.302. The largest absolute Gasteiger partial charge is 0.491 e. The Balaban J connectivity index is 2.79. The molecule has 0 aromatic heterocycles. The van der Waals surface area contributed by atoms with E-state index in [1.165, 1.54) is 12.1 Å². The van der Waals surface area contributed by atoms with Crippen molar-refractivity contribution in [1.29, 1.82) is 5.26 Å². The first-order valence-electron chi connectivity index (χ1n) is 3.71. The number of hydrogen-bond donors (Lipinski definition) is 1. The standard InChI is InChI=1S/C9H8FNO2/c10-9-5-8(13-4-3-12)2-1-7(9)6-11/h1-2,5,12H,3-4H2. The van der Waals surface area contributed by atoms with Crippen molar-refractivity contribution in [2.45, 2.75) is 0 Å². The minimum Gasteiger partial charge on any atom is -0.491 e. The third kappa shape index (κ3) is 2.42. The maximum atomic E-state index is 12.9. The second-order valence-corrected chi connectivity index (χ2v) is 2.33. The van der Waals surface area contributed by atoms with Gasteiger partial charge in [-0.3, -0.25) is 0 Å². The quantitative estimate of drug-likeness (QED) is 0.758. The van der Waals surface area contributed by atoms with Gasteiger partial charge in [0.15, 0.2) is 0 Å². The zero-order valence-corrected chi connectivity index (χ0v) is 6.83. The SMILES string of the molecule is N#Cc1ccc(OCCO)cc1F. The number of benzene rings is 1. The highest BCUT2D eigenvalue weighted by atomic mass is 19.1. The van der Waals surface area contributed by atoms with Crippen LogP contribution in [0.2, 0.25) is 0 Å². The van der Waals surface area contributed by atoms with Crippen LogP contribution >= 0.6 is 0 Å². The van der Waals surface area contributed by atoms with E-state index in [-0.39, 0.29) is 18.8 Å². The van der Waals surface area contributed by atoms with E-state index >= 15 is 0 Å². The molecule has 0 fully saturated rings. The lowest BCUT2D eigenvalue weighted by Crippen LogP contribution is -2.01. The molecule has 13 heavy (non-hydrogen) atoms. The van der Waals surface area contributed by atoms with Crippen molar-refractivity contribution in [3.8, 4) is 11.8 Å². The highest BCUT2D eigenvalue weighted by molar-refractivity contribution is 5.36. The number of hydrogen-bond acceptors (Lipinski definition) is 3. The lowest BCUT2D eigenvalue weighted by atomic mass is 10.2. The van der Waals surface area contributed by atoms with Gasteiger partial charge in [0, 0.05) is 6.07 Å². The van der Waals surface area contributed by atoms with Crippen molar-refractivity contribution in [2.24, 2.45) is 0 Å². The van der Waals surface area contributed by atoms with Gasteiger partial charge in [0.2, 0.25) is 0 Å². The molecule has 0 radical (unpaired) electrons. The van der Waals surface area contributed by atoms with Crippen LogP contribution in [-0.4, -0.2) is 18.3 Å². The van der Waals surface area contributed by atoms with Gasteiger partial charge in [0.05, 0.1) is 12.2 Å². The molecular weight excluding hydrogens is 173 g/mol. The Morgan fingerprint density at radius 3 is 2.85 bits per heavy atom. The van der Waals surface area contributed by atoms with E-state index in [2.05, 4.69) is 0 Å². The number of aliphatic hydroxyl groups is 1. The third-order valence-electron chi connectivity index (χ3n) is 1.42. The molecule has 4 heteroatoms. The summed E-state index contributed by atoms with van der Waals surface area (Å²) in [6.07, 6.45) is 0. The molecule has 0 unspecified atom stereocenters. The van der Waals surface area contributed by atoms with Crippen LogP contribution in [0.4, 0.5) is 4.39 Å². The highest BCUT2D eigenvalue weighted by Gasteiger charge is 2.02. The lowest BCUT2D eigenvalue weighted by molar-refractivity contribution is 0.201. The molecule has 0 aliphatic carbocycles. The van der Waals surface area contributed by atoms with Gasteiger partial charge in [-0.2, -0.15) is 5.26 Å². The molecular formula is C9H8FNO2.